The number of piperidine rings is 1. The van der Waals surface area contributed by atoms with Crippen molar-refractivity contribution in [3.8, 4) is 0 Å². The third-order valence-electron chi connectivity index (χ3n) is 5.94. The smallest absolute Gasteiger partial charge is 0.404 e. The van der Waals surface area contributed by atoms with E-state index < -0.39 is 23.2 Å². The highest BCUT2D eigenvalue weighted by atomic mass is 16.5. The number of nitrogens with zero attached hydrogens (tertiary/aromatic N) is 1. The van der Waals surface area contributed by atoms with Crippen LogP contribution in [0.4, 0.5) is 4.79 Å². The molecular weight excluding hydrogens is 390 g/mol. The third-order valence-corrected chi connectivity index (χ3v) is 5.94. The van der Waals surface area contributed by atoms with Gasteiger partial charge >= 0.3 is 6.09 Å². The molecule has 2 fully saturated rings. The highest BCUT2D eigenvalue weighted by Gasteiger charge is 2.45. The van der Waals surface area contributed by atoms with Crippen molar-refractivity contribution in [3.05, 3.63) is 0 Å². The Morgan fingerprint density at radius 2 is 1.80 bits per heavy atom. The fourth-order valence-corrected chi connectivity index (χ4v) is 4.63. The van der Waals surface area contributed by atoms with Gasteiger partial charge in [-0.2, -0.15) is 5.06 Å². The first-order valence-corrected chi connectivity index (χ1v) is 10.7. The molecule has 10 heteroatoms. The van der Waals surface area contributed by atoms with Crippen LogP contribution in [0.2, 0.25) is 0 Å². The lowest BCUT2D eigenvalue weighted by Crippen LogP contribution is -2.64. The topological polar surface area (TPSA) is 143 Å². The van der Waals surface area contributed by atoms with Gasteiger partial charge in [-0.25, -0.2) is 4.79 Å². The monoisotopic (exact) mass is 427 g/mol. The molecule has 0 spiro atoms. The van der Waals surface area contributed by atoms with E-state index in [1.165, 1.54) is 5.06 Å². The van der Waals surface area contributed by atoms with E-state index in [-0.39, 0.29) is 30.4 Å². The van der Waals surface area contributed by atoms with E-state index in [4.69, 9.17) is 5.11 Å². The molecule has 0 aromatic heterocycles. The summed E-state index contributed by atoms with van der Waals surface area (Å²) >= 11 is 0. The average molecular weight is 428 g/mol. The highest BCUT2D eigenvalue weighted by Crippen LogP contribution is 2.36. The van der Waals surface area contributed by atoms with E-state index in [2.05, 4.69) is 21.3 Å². The predicted molar refractivity (Wildman–Crippen MR) is 111 cm³/mol. The maximum Gasteiger partial charge on any atom is 0.404 e. The Morgan fingerprint density at radius 3 is 2.33 bits per heavy atom. The van der Waals surface area contributed by atoms with Crippen LogP contribution in [0.15, 0.2) is 0 Å². The predicted octanol–water partition coefficient (Wildman–Crippen LogP) is 0.798. The molecule has 172 valence electrons. The molecule has 0 radical (unpaired) electrons. The minimum absolute atomic E-state index is 0.146. The van der Waals surface area contributed by atoms with E-state index in [9.17, 15) is 19.6 Å². The lowest BCUT2D eigenvalue weighted by atomic mass is 9.79. The Labute approximate surface area is 178 Å². The molecule has 6 N–H and O–H groups in total. The molecular formula is C20H37N5O5. The molecule has 0 aromatic rings. The quantitative estimate of drug-likeness (QED) is 0.314. The largest absolute Gasteiger partial charge is 0.465 e. The van der Waals surface area contributed by atoms with Gasteiger partial charge in [0, 0.05) is 23.7 Å². The lowest BCUT2D eigenvalue weighted by Gasteiger charge is -2.51. The van der Waals surface area contributed by atoms with Crippen LogP contribution in [-0.2, 0) is 9.59 Å². The summed E-state index contributed by atoms with van der Waals surface area (Å²) in [5.74, 6) is -0.482. The molecule has 2 atom stereocenters. The van der Waals surface area contributed by atoms with Crippen molar-refractivity contribution in [1.82, 2.24) is 26.3 Å². The van der Waals surface area contributed by atoms with Gasteiger partial charge < -0.3 is 31.6 Å². The zero-order chi connectivity index (χ0) is 22.5. The molecule has 3 amide bonds. The number of carbonyl (C=O) groups excluding carboxylic acids is 2. The zero-order valence-electron chi connectivity index (χ0n) is 18.5. The number of amides is 3. The van der Waals surface area contributed by atoms with E-state index in [0.717, 1.165) is 19.4 Å². The second kappa shape index (κ2) is 9.93. The Balaban J connectivity index is 2.01. The van der Waals surface area contributed by atoms with Gasteiger partial charge in [0.1, 0.15) is 6.04 Å². The van der Waals surface area contributed by atoms with Crippen molar-refractivity contribution in [2.24, 2.45) is 0 Å². The fourth-order valence-electron chi connectivity index (χ4n) is 4.63. The molecule has 0 aromatic carbocycles. The van der Waals surface area contributed by atoms with Gasteiger partial charge in [0.05, 0.1) is 6.04 Å². The van der Waals surface area contributed by atoms with Gasteiger partial charge in [0.2, 0.25) is 11.8 Å². The van der Waals surface area contributed by atoms with E-state index >= 15 is 0 Å². The van der Waals surface area contributed by atoms with Crippen LogP contribution in [0, 0.1) is 0 Å². The number of hydroxylamine groups is 2. The summed E-state index contributed by atoms with van der Waals surface area (Å²) in [5, 5.41) is 31.8. The molecule has 2 aliphatic heterocycles. The van der Waals surface area contributed by atoms with Gasteiger partial charge in [0.15, 0.2) is 0 Å². The standard InChI is InChI=1S/C20H37N5O5/c1-19(2)11-13(12-20(3,4)25(19)30)23-17(27)15(8-6-10-22-18(28)29)24-16(26)14-7-5-9-21-14/h13-15,21-22,30H,5-12H2,1-4H3,(H,23,27)(H,24,26)(H,28,29). The number of nitrogens with one attached hydrogen (secondary N) is 4. The van der Waals surface area contributed by atoms with Crippen molar-refractivity contribution >= 4 is 17.9 Å². The number of carbonyl (C=O) groups is 3. The van der Waals surface area contributed by atoms with E-state index in [1.54, 1.807) is 0 Å². The van der Waals surface area contributed by atoms with Crippen LogP contribution in [0.5, 0.6) is 0 Å². The maximum absolute atomic E-state index is 13.0. The lowest BCUT2D eigenvalue weighted by molar-refractivity contribution is -0.246. The molecule has 2 rings (SSSR count). The van der Waals surface area contributed by atoms with Crippen LogP contribution in [-0.4, -0.2) is 75.6 Å². The maximum atomic E-state index is 13.0. The second-order valence-corrected chi connectivity index (χ2v) is 9.63. The minimum atomic E-state index is -1.12. The van der Waals surface area contributed by atoms with Gasteiger partial charge in [-0.15, -0.1) is 0 Å². The molecule has 2 saturated heterocycles. The molecule has 0 aliphatic carbocycles. The summed E-state index contributed by atoms with van der Waals surface area (Å²) in [5.41, 5.74) is -1.00. The van der Waals surface area contributed by atoms with Crippen LogP contribution < -0.4 is 21.3 Å². The molecule has 2 unspecified atom stereocenters. The van der Waals surface area contributed by atoms with E-state index in [0.29, 0.717) is 25.7 Å². The third kappa shape index (κ3) is 6.55. The molecule has 0 bridgehead atoms. The summed E-state index contributed by atoms with van der Waals surface area (Å²) in [7, 11) is 0. The molecule has 0 saturated carbocycles. The van der Waals surface area contributed by atoms with Crippen molar-refractivity contribution in [2.75, 3.05) is 13.1 Å². The van der Waals surface area contributed by atoms with Crippen molar-refractivity contribution in [2.45, 2.75) is 95.4 Å². The normalized spacial score (nSPS) is 24.8. The first kappa shape index (κ1) is 24.4. The molecule has 10 nitrogen and oxygen atoms in total. The van der Waals surface area contributed by atoms with Crippen molar-refractivity contribution in [3.63, 3.8) is 0 Å². The molecule has 2 heterocycles. The Hall–Kier alpha value is -1.91. The first-order chi connectivity index (χ1) is 13.9. The Morgan fingerprint density at radius 1 is 1.17 bits per heavy atom. The van der Waals surface area contributed by atoms with Crippen LogP contribution >= 0.6 is 0 Å². The summed E-state index contributed by atoms with van der Waals surface area (Å²) < 4.78 is 0. The van der Waals surface area contributed by atoms with Gasteiger partial charge in [0.25, 0.3) is 0 Å². The zero-order valence-corrected chi connectivity index (χ0v) is 18.5. The minimum Gasteiger partial charge on any atom is -0.465 e. The van der Waals surface area contributed by atoms with Gasteiger partial charge in [-0.05, 0) is 72.8 Å². The van der Waals surface area contributed by atoms with Crippen molar-refractivity contribution in [1.29, 1.82) is 0 Å². The van der Waals surface area contributed by atoms with Crippen LogP contribution in [0.1, 0.15) is 66.2 Å². The van der Waals surface area contributed by atoms with E-state index in [1.807, 2.05) is 27.7 Å². The summed E-state index contributed by atoms with van der Waals surface area (Å²) in [6.07, 6.45) is 2.44. The highest BCUT2D eigenvalue weighted by molar-refractivity contribution is 5.90. The summed E-state index contributed by atoms with van der Waals surface area (Å²) in [6.45, 7) is 8.69. The number of hydrogen-bond donors (Lipinski definition) is 6. The SMILES string of the molecule is CC1(C)CC(NC(=O)C(CCCNC(=O)O)NC(=O)C2CCCN2)CC(C)(C)N1O. The Kier molecular flexibility index (Phi) is 8.06. The second-order valence-electron chi connectivity index (χ2n) is 9.63. The number of hydrogen-bond acceptors (Lipinski definition) is 6. The average Bonchev–Trinajstić information content (AvgIpc) is 3.16. The summed E-state index contributed by atoms with van der Waals surface area (Å²) in [6, 6.07) is -1.19. The fraction of sp³-hybridized carbons (Fsp3) is 0.850. The Bertz CT molecular complexity index is 615. The summed E-state index contributed by atoms with van der Waals surface area (Å²) in [4.78, 5) is 36.2. The number of rotatable bonds is 8. The van der Waals surface area contributed by atoms with Gasteiger partial charge in [-0.1, -0.05) is 0 Å². The van der Waals surface area contributed by atoms with Crippen LogP contribution in [0.3, 0.4) is 0 Å². The van der Waals surface area contributed by atoms with Crippen LogP contribution in [0.25, 0.3) is 0 Å². The number of carboxylic acid groups (broad SMARTS) is 1. The first-order valence-electron chi connectivity index (χ1n) is 10.7. The molecule has 30 heavy (non-hydrogen) atoms. The molecule has 2 aliphatic rings. The van der Waals surface area contributed by atoms with Crippen molar-refractivity contribution < 1.29 is 24.7 Å². The van der Waals surface area contributed by atoms with Gasteiger partial charge in [-0.3, -0.25) is 9.59 Å².